The number of aryl methyl sites for hydroxylation is 1. The molecule has 0 spiro atoms. The van der Waals surface area contributed by atoms with Gasteiger partial charge in [0.1, 0.15) is 5.69 Å². The van der Waals surface area contributed by atoms with E-state index in [0.717, 1.165) is 12.1 Å². The summed E-state index contributed by atoms with van der Waals surface area (Å²) >= 11 is 0. The molecule has 0 amide bonds. The molecule has 0 saturated carbocycles. The van der Waals surface area contributed by atoms with E-state index >= 15 is 0 Å². The van der Waals surface area contributed by atoms with Gasteiger partial charge in [0.05, 0.1) is 26.4 Å². The fraction of sp³-hybridized carbons (Fsp3) is 0.143. The Morgan fingerprint density at radius 2 is 1.48 bits per heavy atom. The van der Waals surface area contributed by atoms with E-state index in [-0.39, 0.29) is 17.3 Å². The second-order valence-corrected chi connectivity index (χ2v) is 5.28. The number of nitrogens with zero attached hydrogens (tertiary/aromatic N) is 3. The van der Waals surface area contributed by atoms with Crippen molar-refractivity contribution in [3.8, 4) is 0 Å². The minimum absolute atomic E-state index is 0.155. The maximum Gasteiger partial charge on any atom is 0.418 e. The van der Waals surface area contributed by atoms with Crippen LogP contribution in [0.3, 0.4) is 0 Å². The highest BCUT2D eigenvalue weighted by atomic mass is 19.4. The van der Waals surface area contributed by atoms with Crippen molar-refractivity contribution >= 4 is 28.4 Å². The van der Waals surface area contributed by atoms with Crippen LogP contribution in [0.25, 0.3) is 0 Å². The number of alkyl halides is 3. The smallest absolute Gasteiger partial charge is 0.349 e. The SMILES string of the molecule is Cc1ccc([N+](=O)[O-])cc1Nc1c([N+](=O)[O-])cc([N+](=O)[O-])cc1C(F)(F)F. The van der Waals surface area contributed by atoms with Crippen LogP contribution in [0, 0.1) is 37.3 Å². The highest BCUT2D eigenvalue weighted by Gasteiger charge is 2.39. The Bertz CT molecular complexity index is 961. The molecule has 0 aliphatic heterocycles. The van der Waals surface area contributed by atoms with E-state index in [1.807, 2.05) is 0 Å². The number of hydrogen-bond donors (Lipinski definition) is 1. The van der Waals surface area contributed by atoms with E-state index in [0.29, 0.717) is 6.07 Å². The summed E-state index contributed by atoms with van der Waals surface area (Å²) in [4.78, 5) is 29.7. The first-order valence-electron chi connectivity index (χ1n) is 6.98. The third-order valence-electron chi connectivity index (χ3n) is 3.51. The summed E-state index contributed by atoms with van der Waals surface area (Å²) in [6, 6.07) is 3.79. The molecule has 0 saturated heterocycles. The summed E-state index contributed by atoms with van der Waals surface area (Å²) in [7, 11) is 0. The normalized spacial score (nSPS) is 11.1. The molecule has 0 fully saturated rings. The highest BCUT2D eigenvalue weighted by Crippen LogP contribution is 2.44. The molecule has 13 heteroatoms. The zero-order valence-corrected chi connectivity index (χ0v) is 13.3. The summed E-state index contributed by atoms with van der Waals surface area (Å²) in [6.45, 7) is 1.41. The van der Waals surface area contributed by atoms with Gasteiger partial charge in [0.15, 0.2) is 0 Å². The summed E-state index contributed by atoms with van der Waals surface area (Å²) in [5.74, 6) is 0. The molecule has 2 rings (SSSR count). The monoisotopic (exact) mass is 386 g/mol. The van der Waals surface area contributed by atoms with E-state index < -0.39 is 49.3 Å². The van der Waals surface area contributed by atoms with Gasteiger partial charge in [-0.1, -0.05) is 6.07 Å². The second-order valence-electron chi connectivity index (χ2n) is 5.28. The van der Waals surface area contributed by atoms with Crippen LogP contribution in [-0.2, 0) is 6.18 Å². The van der Waals surface area contributed by atoms with Crippen molar-refractivity contribution in [2.24, 2.45) is 0 Å². The van der Waals surface area contributed by atoms with Crippen LogP contribution in [0.2, 0.25) is 0 Å². The van der Waals surface area contributed by atoms with Crippen molar-refractivity contribution in [3.63, 3.8) is 0 Å². The van der Waals surface area contributed by atoms with E-state index in [2.05, 4.69) is 5.32 Å². The molecule has 0 heterocycles. The maximum atomic E-state index is 13.4. The lowest BCUT2D eigenvalue weighted by Gasteiger charge is -2.16. The van der Waals surface area contributed by atoms with Crippen LogP contribution in [-0.4, -0.2) is 14.8 Å². The maximum absolute atomic E-state index is 13.4. The van der Waals surface area contributed by atoms with Crippen molar-refractivity contribution in [2.45, 2.75) is 13.1 Å². The molecule has 0 radical (unpaired) electrons. The number of non-ortho nitro benzene ring substituents is 2. The number of benzene rings is 2. The van der Waals surface area contributed by atoms with Crippen LogP contribution < -0.4 is 5.32 Å². The van der Waals surface area contributed by atoms with E-state index in [4.69, 9.17) is 0 Å². The van der Waals surface area contributed by atoms with Gasteiger partial charge in [-0.25, -0.2) is 0 Å². The van der Waals surface area contributed by atoms with Crippen molar-refractivity contribution in [1.29, 1.82) is 0 Å². The Morgan fingerprint density at radius 1 is 0.889 bits per heavy atom. The molecule has 2 aromatic rings. The fourth-order valence-corrected chi connectivity index (χ4v) is 2.21. The number of anilines is 2. The summed E-state index contributed by atoms with van der Waals surface area (Å²) in [5.41, 5.74) is -5.39. The molecule has 27 heavy (non-hydrogen) atoms. The van der Waals surface area contributed by atoms with Crippen LogP contribution in [0.5, 0.6) is 0 Å². The molecular weight excluding hydrogens is 377 g/mol. The number of rotatable bonds is 5. The zero-order valence-electron chi connectivity index (χ0n) is 13.3. The molecule has 0 aliphatic rings. The zero-order chi connectivity index (χ0) is 20.5. The molecule has 142 valence electrons. The van der Waals surface area contributed by atoms with Gasteiger partial charge in [0.25, 0.3) is 17.1 Å². The largest absolute Gasteiger partial charge is 0.418 e. The van der Waals surface area contributed by atoms with Crippen molar-refractivity contribution in [1.82, 2.24) is 0 Å². The first-order valence-corrected chi connectivity index (χ1v) is 6.98. The third-order valence-corrected chi connectivity index (χ3v) is 3.51. The summed E-state index contributed by atoms with van der Waals surface area (Å²) in [5, 5.41) is 35.0. The van der Waals surface area contributed by atoms with Gasteiger partial charge in [-0.15, -0.1) is 0 Å². The lowest BCUT2D eigenvalue weighted by molar-refractivity contribution is -0.394. The molecule has 1 N–H and O–H groups in total. The Kier molecular flexibility index (Phi) is 4.96. The number of halogens is 3. The minimum Gasteiger partial charge on any atom is -0.349 e. The first kappa shape index (κ1) is 19.6. The van der Waals surface area contributed by atoms with Gasteiger partial charge in [0.2, 0.25) is 0 Å². The molecule has 0 atom stereocenters. The number of hydrogen-bond acceptors (Lipinski definition) is 7. The minimum atomic E-state index is -5.16. The van der Waals surface area contributed by atoms with E-state index in [1.165, 1.54) is 13.0 Å². The molecule has 10 nitrogen and oxygen atoms in total. The average molecular weight is 386 g/mol. The van der Waals surface area contributed by atoms with Gasteiger partial charge in [-0.2, -0.15) is 13.2 Å². The summed E-state index contributed by atoms with van der Waals surface area (Å²) in [6.07, 6.45) is -5.16. The van der Waals surface area contributed by atoms with Crippen molar-refractivity contribution in [2.75, 3.05) is 5.32 Å². The Labute approximate surface area is 147 Å². The quantitative estimate of drug-likeness (QED) is 0.589. The van der Waals surface area contributed by atoms with Gasteiger partial charge >= 0.3 is 6.18 Å². The molecule has 0 bridgehead atoms. The fourth-order valence-electron chi connectivity index (χ4n) is 2.21. The van der Waals surface area contributed by atoms with Gasteiger partial charge in [0, 0.05) is 23.9 Å². The first-order chi connectivity index (χ1) is 12.4. The standard InChI is InChI=1S/C14H9F3N4O6/c1-7-2-3-8(19(22)23)5-11(7)18-13-10(14(15,16)17)4-9(20(24)25)6-12(13)21(26)27/h2-6,18H,1H3. The number of nitro benzene ring substituents is 3. The third kappa shape index (κ3) is 4.08. The van der Waals surface area contributed by atoms with Gasteiger partial charge < -0.3 is 5.32 Å². The van der Waals surface area contributed by atoms with Crippen molar-refractivity contribution in [3.05, 3.63) is 71.8 Å². The van der Waals surface area contributed by atoms with Crippen LogP contribution in [0.15, 0.2) is 30.3 Å². The lowest BCUT2D eigenvalue weighted by atomic mass is 10.1. The van der Waals surface area contributed by atoms with Gasteiger partial charge in [-0.3, -0.25) is 30.3 Å². The Morgan fingerprint density at radius 3 is 1.96 bits per heavy atom. The highest BCUT2D eigenvalue weighted by molar-refractivity contribution is 5.78. The predicted molar refractivity (Wildman–Crippen MR) is 85.9 cm³/mol. The van der Waals surface area contributed by atoms with E-state index in [1.54, 1.807) is 0 Å². The van der Waals surface area contributed by atoms with E-state index in [9.17, 15) is 43.5 Å². The van der Waals surface area contributed by atoms with Crippen LogP contribution in [0.4, 0.5) is 41.6 Å². The van der Waals surface area contributed by atoms with Crippen LogP contribution in [0.1, 0.15) is 11.1 Å². The Hall–Kier alpha value is -3.77. The predicted octanol–water partition coefficient (Wildman–Crippen LogP) is 4.48. The molecule has 0 aliphatic carbocycles. The summed E-state index contributed by atoms with van der Waals surface area (Å²) < 4.78 is 40.1. The van der Waals surface area contributed by atoms with Gasteiger partial charge in [-0.05, 0) is 12.5 Å². The number of nitrogens with one attached hydrogen (secondary N) is 1. The van der Waals surface area contributed by atoms with Crippen LogP contribution >= 0.6 is 0 Å². The molecular formula is C14H9F3N4O6. The Balaban J connectivity index is 2.75. The second kappa shape index (κ2) is 6.86. The average Bonchev–Trinajstić information content (AvgIpc) is 2.55. The molecule has 2 aromatic carbocycles. The number of nitro groups is 3. The molecule has 0 aromatic heterocycles. The molecule has 0 unspecified atom stereocenters. The lowest BCUT2D eigenvalue weighted by Crippen LogP contribution is -2.12. The topological polar surface area (TPSA) is 141 Å². The van der Waals surface area contributed by atoms with Crippen molar-refractivity contribution < 1.29 is 27.9 Å².